The smallest absolute Gasteiger partial charge is 0.378 e. The summed E-state index contributed by atoms with van der Waals surface area (Å²) in [6.07, 6.45) is -0.733. The first-order valence-corrected chi connectivity index (χ1v) is 16.8. The van der Waals surface area contributed by atoms with Crippen LogP contribution in [-0.4, -0.2) is 56.3 Å². The number of alkyl halides is 3. The minimum Gasteiger partial charge on any atom is -0.378 e. The number of hydrogen-bond donors (Lipinski definition) is 2. The van der Waals surface area contributed by atoms with Crippen LogP contribution in [-0.2, 0) is 29.4 Å². The number of benzene rings is 3. The summed E-state index contributed by atoms with van der Waals surface area (Å²) in [6, 6.07) is 19.9. The second kappa shape index (κ2) is 12.9. The number of fused-ring (bicyclic) bond motifs is 1. The number of aliphatic hydroxyl groups excluding tert-OH is 1. The summed E-state index contributed by atoms with van der Waals surface area (Å²) in [5.74, 6) is -0.160. The van der Waals surface area contributed by atoms with E-state index in [2.05, 4.69) is 11.1 Å². The molecule has 1 saturated heterocycles. The number of rotatable bonds is 6. The van der Waals surface area contributed by atoms with Crippen molar-refractivity contribution in [2.45, 2.75) is 69.2 Å². The lowest BCUT2D eigenvalue weighted by atomic mass is 9.91. The molecule has 0 radical (unpaired) electrons. The molecule has 7 rings (SSSR count). The fraction of sp³-hybridized carbons (Fsp3) is 0.368. The summed E-state index contributed by atoms with van der Waals surface area (Å²) in [7, 11) is 0. The molecule has 2 fully saturated rings. The lowest BCUT2D eigenvalue weighted by Crippen LogP contribution is -2.36. The van der Waals surface area contributed by atoms with Gasteiger partial charge in [0, 0.05) is 25.2 Å². The maximum Gasteiger partial charge on any atom is 0.416 e. The summed E-state index contributed by atoms with van der Waals surface area (Å²) in [5.41, 5.74) is 2.48. The summed E-state index contributed by atoms with van der Waals surface area (Å²) < 4.78 is 39.7. The van der Waals surface area contributed by atoms with Crippen molar-refractivity contribution >= 4 is 11.8 Å². The Balaban J connectivity index is 1.12. The minimum absolute atomic E-state index is 0.0496. The van der Waals surface area contributed by atoms with E-state index in [1.54, 1.807) is 0 Å². The monoisotopic (exact) mass is 670 g/mol. The zero-order valence-electron chi connectivity index (χ0n) is 26.9. The van der Waals surface area contributed by atoms with Crippen LogP contribution in [0.1, 0.15) is 88.8 Å². The van der Waals surface area contributed by atoms with Crippen molar-refractivity contribution in [3.05, 3.63) is 122 Å². The first-order chi connectivity index (χ1) is 23.5. The number of amides is 2. The lowest BCUT2D eigenvalue weighted by molar-refractivity contribution is -0.142. The molecule has 1 aromatic heterocycles. The van der Waals surface area contributed by atoms with Crippen molar-refractivity contribution in [2.75, 3.05) is 19.6 Å². The third-order valence-corrected chi connectivity index (χ3v) is 10.1. The van der Waals surface area contributed by atoms with Crippen molar-refractivity contribution < 1.29 is 27.9 Å². The molecule has 3 heterocycles. The van der Waals surface area contributed by atoms with Crippen molar-refractivity contribution in [2.24, 2.45) is 0 Å². The molecule has 1 aliphatic carbocycles. The van der Waals surface area contributed by atoms with Crippen LogP contribution in [0, 0.1) is 0 Å². The van der Waals surface area contributed by atoms with Crippen molar-refractivity contribution in [3.8, 4) is 11.1 Å². The average molecular weight is 671 g/mol. The van der Waals surface area contributed by atoms with Crippen molar-refractivity contribution in [1.29, 1.82) is 0 Å². The maximum absolute atomic E-state index is 13.6. The Labute approximate surface area is 281 Å². The van der Waals surface area contributed by atoms with Crippen LogP contribution in [0.25, 0.3) is 11.1 Å². The number of aliphatic hydroxyl groups is 1. The van der Waals surface area contributed by atoms with Crippen LogP contribution >= 0.6 is 0 Å². The standard InChI is InChI=1S/C38H37F3N4O4/c39-38(40,41)29-13-6-10-26(22-29)32(46)35(49)45-19-7-14-31-30(23-45)33(47)43-36(42-31)37(15-16-37)28-12-5-9-25(21-28)24-8-4-11-27(20-24)34(48)44-17-2-1-3-18-44/h4-6,8-13,20-22,32,46H,1-3,7,14-19,23H2,(H,42,43,47)/t32-/m1/s1. The number of nitrogens with one attached hydrogen (secondary N) is 1. The number of halogens is 3. The predicted molar refractivity (Wildman–Crippen MR) is 177 cm³/mol. The SMILES string of the molecule is O=C(c1cccc(-c2cccc(C3(c4nc5c(c(=O)[nH]4)CN(C(=O)[C@H](O)c4cccc(C(F)(F)F)c4)CCC5)CC3)c2)c1)N1CCCCC1. The van der Waals surface area contributed by atoms with Crippen LogP contribution in [0.5, 0.6) is 0 Å². The third kappa shape index (κ3) is 6.51. The van der Waals surface area contributed by atoms with Crippen LogP contribution in [0.4, 0.5) is 13.2 Å². The van der Waals surface area contributed by atoms with Gasteiger partial charge in [0.25, 0.3) is 17.4 Å². The van der Waals surface area contributed by atoms with Crippen molar-refractivity contribution in [3.63, 3.8) is 0 Å². The second-order valence-corrected chi connectivity index (χ2v) is 13.3. The van der Waals surface area contributed by atoms with Gasteiger partial charge in [0.1, 0.15) is 5.82 Å². The van der Waals surface area contributed by atoms with Gasteiger partial charge in [0.2, 0.25) is 0 Å². The molecule has 0 spiro atoms. The van der Waals surface area contributed by atoms with Gasteiger partial charge in [-0.2, -0.15) is 13.2 Å². The largest absolute Gasteiger partial charge is 0.416 e. The molecule has 49 heavy (non-hydrogen) atoms. The number of nitrogens with zero attached hydrogens (tertiary/aromatic N) is 3. The van der Waals surface area contributed by atoms with Gasteiger partial charge in [-0.15, -0.1) is 0 Å². The van der Waals surface area contributed by atoms with E-state index in [1.165, 1.54) is 11.0 Å². The molecule has 1 saturated carbocycles. The molecule has 1 atom stereocenters. The summed E-state index contributed by atoms with van der Waals surface area (Å²) >= 11 is 0. The van der Waals surface area contributed by atoms with Gasteiger partial charge in [-0.05, 0) is 91.5 Å². The third-order valence-electron chi connectivity index (χ3n) is 10.1. The molecular weight excluding hydrogens is 633 g/mol. The first-order valence-electron chi connectivity index (χ1n) is 16.8. The molecule has 3 aromatic carbocycles. The normalized spacial score (nSPS) is 18.0. The second-order valence-electron chi connectivity index (χ2n) is 13.3. The average Bonchev–Trinajstić information content (AvgIpc) is 3.96. The number of piperidine rings is 1. The van der Waals surface area contributed by atoms with Gasteiger partial charge < -0.3 is 19.9 Å². The molecular formula is C38H37F3N4O4. The topological polar surface area (TPSA) is 107 Å². The van der Waals surface area contributed by atoms with E-state index in [1.807, 2.05) is 47.4 Å². The molecule has 3 aliphatic rings. The van der Waals surface area contributed by atoms with Gasteiger partial charge in [0.05, 0.1) is 28.8 Å². The van der Waals surface area contributed by atoms with Crippen LogP contribution in [0.3, 0.4) is 0 Å². The minimum atomic E-state index is -4.62. The van der Waals surface area contributed by atoms with Gasteiger partial charge in [-0.1, -0.05) is 48.5 Å². The lowest BCUT2D eigenvalue weighted by Gasteiger charge is -2.26. The predicted octanol–water partition coefficient (Wildman–Crippen LogP) is 6.17. The molecule has 0 bridgehead atoms. The Morgan fingerprint density at radius 3 is 2.29 bits per heavy atom. The number of aryl methyl sites for hydroxylation is 1. The zero-order valence-corrected chi connectivity index (χ0v) is 26.9. The van der Waals surface area contributed by atoms with Gasteiger partial charge in [-0.3, -0.25) is 14.4 Å². The number of likely N-dealkylation sites (tertiary alicyclic amines) is 1. The highest BCUT2D eigenvalue weighted by molar-refractivity contribution is 5.95. The summed E-state index contributed by atoms with van der Waals surface area (Å²) in [4.78, 5) is 51.2. The highest BCUT2D eigenvalue weighted by Crippen LogP contribution is 2.52. The van der Waals surface area contributed by atoms with E-state index < -0.39 is 29.2 Å². The summed E-state index contributed by atoms with van der Waals surface area (Å²) in [5, 5.41) is 10.8. The molecule has 8 nitrogen and oxygen atoms in total. The molecule has 11 heteroatoms. The Morgan fingerprint density at radius 1 is 0.857 bits per heavy atom. The zero-order chi connectivity index (χ0) is 34.3. The molecule has 254 valence electrons. The van der Waals surface area contributed by atoms with E-state index in [9.17, 15) is 32.7 Å². The molecule has 2 amide bonds. The number of carbonyl (C=O) groups is 2. The fourth-order valence-electron chi connectivity index (χ4n) is 7.13. The number of H-pyrrole nitrogens is 1. The van der Waals surface area contributed by atoms with Gasteiger partial charge in [-0.25, -0.2) is 4.98 Å². The molecule has 4 aromatic rings. The number of hydrogen-bond acceptors (Lipinski definition) is 5. The van der Waals surface area contributed by atoms with Gasteiger partial charge >= 0.3 is 6.18 Å². The Kier molecular flexibility index (Phi) is 8.64. The quantitative estimate of drug-likeness (QED) is 0.255. The Bertz CT molecular complexity index is 1960. The van der Waals surface area contributed by atoms with Crippen molar-refractivity contribution in [1.82, 2.24) is 19.8 Å². The maximum atomic E-state index is 13.6. The number of aromatic nitrogens is 2. The van der Waals surface area contributed by atoms with E-state index >= 15 is 0 Å². The Morgan fingerprint density at radius 2 is 1.55 bits per heavy atom. The fourth-order valence-corrected chi connectivity index (χ4v) is 7.13. The molecule has 2 N–H and O–H groups in total. The van der Waals surface area contributed by atoms with E-state index in [-0.39, 0.29) is 30.1 Å². The van der Waals surface area contributed by atoms with Crippen LogP contribution in [0.2, 0.25) is 0 Å². The van der Waals surface area contributed by atoms with E-state index in [4.69, 9.17) is 4.98 Å². The van der Waals surface area contributed by atoms with Crippen LogP contribution in [0.15, 0.2) is 77.6 Å². The van der Waals surface area contributed by atoms with Crippen LogP contribution < -0.4 is 5.56 Å². The first kappa shape index (κ1) is 32.8. The Hall–Kier alpha value is -4.77. The molecule has 2 aliphatic heterocycles. The number of carbonyl (C=O) groups excluding carboxylic acids is 2. The highest BCUT2D eigenvalue weighted by Gasteiger charge is 2.49. The molecule has 0 unspecified atom stereocenters. The van der Waals surface area contributed by atoms with Gasteiger partial charge in [0.15, 0.2) is 6.10 Å². The number of aromatic amines is 1. The van der Waals surface area contributed by atoms with E-state index in [0.717, 1.165) is 80.1 Å². The summed E-state index contributed by atoms with van der Waals surface area (Å²) in [6.45, 7) is 1.67. The highest BCUT2D eigenvalue weighted by atomic mass is 19.4. The van der Waals surface area contributed by atoms with E-state index in [0.29, 0.717) is 35.5 Å².